The van der Waals surface area contributed by atoms with Gasteiger partial charge in [0.25, 0.3) is 0 Å². The molecule has 0 N–H and O–H groups in total. The summed E-state index contributed by atoms with van der Waals surface area (Å²) in [5, 5.41) is 5.12. The van der Waals surface area contributed by atoms with Crippen molar-refractivity contribution in [2.75, 3.05) is 0 Å². The fourth-order valence-corrected chi connectivity index (χ4v) is 5.56. The molecule has 0 amide bonds. The second kappa shape index (κ2) is 9.05. The van der Waals surface area contributed by atoms with Crippen molar-refractivity contribution in [3.05, 3.63) is 96.7 Å². The van der Waals surface area contributed by atoms with E-state index in [1.807, 2.05) is 0 Å². The summed E-state index contributed by atoms with van der Waals surface area (Å²) in [7, 11) is 0. The van der Waals surface area contributed by atoms with Crippen molar-refractivity contribution in [3.63, 3.8) is 0 Å². The molecule has 0 bridgehead atoms. The van der Waals surface area contributed by atoms with Gasteiger partial charge in [-0.3, -0.25) is 0 Å². The molecule has 0 aliphatic rings. The molecule has 0 radical (unpaired) electrons. The number of unbranched alkanes of at least 4 members (excludes halogenated alkanes) is 1. The summed E-state index contributed by atoms with van der Waals surface area (Å²) in [6, 6.07) is 32.0. The predicted molar refractivity (Wildman–Crippen MR) is 119 cm³/mol. The number of hydrogen-bond donors (Lipinski definition) is 0. The molecule has 0 fully saturated rings. The Kier molecular flexibility index (Phi) is 6.06. The van der Waals surface area contributed by atoms with Gasteiger partial charge in [0, 0.05) is 0 Å². The zero-order valence-corrected chi connectivity index (χ0v) is 17.8. The molecule has 0 spiro atoms. The van der Waals surface area contributed by atoms with Gasteiger partial charge in [-0.2, -0.15) is 0 Å². The normalized spacial score (nSPS) is 10.9. The van der Waals surface area contributed by atoms with E-state index >= 15 is 0 Å². The van der Waals surface area contributed by atoms with Crippen LogP contribution in [0.2, 0.25) is 0 Å². The van der Waals surface area contributed by atoms with Crippen LogP contribution in [0, 0.1) is 0 Å². The van der Waals surface area contributed by atoms with E-state index in [-0.39, 0.29) is 15.0 Å². The predicted octanol–water partition coefficient (Wildman–Crippen LogP) is 4.54. The van der Waals surface area contributed by atoms with E-state index < -0.39 is 0 Å². The van der Waals surface area contributed by atoms with Gasteiger partial charge in [-0.1, -0.05) is 0 Å². The quantitative estimate of drug-likeness (QED) is 0.393. The van der Waals surface area contributed by atoms with Crippen LogP contribution in [0.3, 0.4) is 0 Å². The van der Waals surface area contributed by atoms with Crippen LogP contribution >= 0.6 is 0 Å². The molecular weight excluding hydrogens is 407 g/mol. The van der Waals surface area contributed by atoms with Gasteiger partial charge in [0.15, 0.2) is 0 Å². The molecule has 28 heavy (non-hydrogen) atoms. The Balaban J connectivity index is 1.91. The second-order valence-corrected chi connectivity index (χ2v) is 9.03. The number of rotatable bonds is 7. The van der Waals surface area contributed by atoms with Crippen molar-refractivity contribution in [3.8, 4) is 16.9 Å². The van der Waals surface area contributed by atoms with Crippen molar-refractivity contribution in [2.45, 2.75) is 26.2 Å². The summed E-state index contributed by atoms with van der Waals surface area (Å²) in [5.41, 5.74) is 4.83. The molecule has 3 heteroatoms. The molecular formula is C25H24N2Se. The van der Waals surface area contributed by atoms with Crippen molar-refractivity contribution in [1.29, 1.82) is 0 Å². The minimum absolute atomic E-state index is 0.211. The van der Waals surface area contributed by atoms with E-state index in [1.165, 1.54) is 32.3 Å². The van der Waals surface area contributed by atoms with E-state index in [4.69, 9.17) is 5.10 Å². The van der Waals surface area contributed by atoms with Crippen molar-refractivity contribution in [2.24, 2.45) is 0 Å². The van der Waals surface area contributed by atoms with Crippen LogP contribution in [0.5, 0.6) is 0 Å². The molecule has 0 unspecified atom stereocenters. The number of aryl methyl sites for hydroxylation is 1. The Morgan fingerprint density at radius 3 is 2.04 bits per heavy atom. The van der Waals surface area contributed by atoms with Gasteiger partial charge in [0.2, 0.25) is 0 Å². The third-order valence-electron chi connectivity index (χ3n) is 4.69. The molecule has 3 aromatic carbocycles. The molecule has 0 aliphatic carbocycles. The maximum atomic E-state index is 5.12. The Bertz CT molecular complexity index is 1010. The average molecular weight is 431 g/mol. The third kappa shape index (κ3) is 4.11. The van der Waals surface area contributed by atoms with Gasteiger partial charge in [-0.05, 0) is 0 Å². The summed E-state index contributed by atoms with van der Waals surface area (Å²) in [4.78, 5) is 0. The van der Waals surface area contributed by atoms with Crippen LogP contribution in [0.15, 0.2) is 91.0 Å². The van der Waals surface area contributed by atoms with Gasteiger partial charge >= 0.3 is 173 Å². The van der Waals surface area contributed by atoms with E-state index in [1.54, 1.807) is 0 Å². The summed E-state index contributed by atoms with van der Waals surface area (Å²) in [6.07, 6.45) is 3.37. The van der Waals surface area contributed by atoms with E-state index in [2.05, 4.69) is 103 Å². The molecule has 2 nitrogen and oxygen atoms in total. The molecule has 140 valence electrons. The van der Waals surface area contributed by atoms with E-state index in [0.29, 0.717) is 0 Å². The zero-order valence-electron chi connectivity index (χ0n) is 16.1. The first-order valence-corrected chi connectivity index (χ1v) is 11.5. The summed E-state index contributed by atoms with van der Waals surface area (Å²) >= 11 is 0.211. The Morgan fingerprint density at radius 1 is 0.786 bits per heavy atom. The van der Waals surface area contributed by atoms with Crippen LogP contribution in [-0.4, -0.2) is 24.7 Å². The van der Waals surface area contributed by atoms with Gasteiger partial charge in [0.1, 0.15) is 0 Å². The number of para-hydroxylation sites is 1. The molecule has 0 saturated carbocycles. The number of hydrogen-bond acceptors (Lipinski definition) is 1. The number of benzene rings is 3. The SMILES string of the molecule is CCCCc1nn(-c2ccccc2)c(-c2ccccc2)c1[Se]c1ccccc1. The van der Waals surface area contributed by atoms with Gasteiger partial charge in [-0.25, -0.2) is 0 Å². The average Bonchev–Trinajstić information content (AvgIpc) is 3.12. The first-order chi connectivity index (χ1) is 13.9. The second-order valence-electron chi connectivity index (χ2n) is 6.76. The topological polar surface area (TPSA) is 17.8 Å². The van der Waals surface area contributed by atoms with Gasteiger partial charge in [0.05, 0.1) is 0 Å². The van der Waals surface area contributed by atoms with Gasteiger partial charge < -0.3 is 0 Å². The van der Waals surface area contributed by atoms with Crippen molar-refractivity contribution in [1.82, 2.24) is 9.78 Å². The Morgan fingerprint density at radius 2 is 1.39 bits per heavy atom. The first-order valence-electron chi connectivity index (χ1n) is 9.82. The van der Waals surface area contributed by atoms with Crippen LogP contribution in [0.4, 0.5) is 0 Å². The van der Waals surface area contributed by atoms with Crippen molar-refractivity contribution >= 4 is 23.9 Å². The molecule has 4 aromatic rings. The Labute approximate surface area is 173 Å². The standard InChI is InChI=1S/C25H24N2Se/c1-2-3-19-23-25(28-22-17-11-6-12-18-22)24(20-13-7-4-8-14-20)27(26-23)21-15-9-5-10-16-21/h4-18H,2-3,19H2,1H3. The molecule has 4 rings (SSSR count). The van der Waals surface area contributed by atoms with E-state index in [9.17, 15) is 0 Å². The maximum absolute atomic E-state index is 5.12. The molecule has 1 aromatic heterocycles. The third-order valence-corrected chi connectivity index (χ3v) is 7.08. The molecule has 0 saturated heterocycles. The number of nitrogens with zero attached hydrogens (tertiary/aromatic N) is 2. The van der Waals surface area contributed by atoms with E-state index in [0.717, 1.165) is 18.5 Å². The Hall–Kier alpha value is -2.61. The summed E-state index contributed by atoms with van der Waals surface area (Å²) in [5.74, 6) is 0. The van der Waals surface area contributed by atoms with Crippen LogP contribution in [0.1, 0.15) is 25.5 Å². The fourth-order valence-electron chi connectivity index (χ4n) is 3.28. The zero-order chi connectivity index (χ0) is 19.2. The number of aromatic nitrogens is 2. The van der Waals surface area contributed by atoms with Crippen LogP contribution in [0.25, 0.3) is 16.9 Å². The molecule has 0 atom stereocenters. The minimum atomic E-state index is 0.211. The summed E-state index contributed by atoms with van der Waals surface area (Å²) in [6.45, 7) is 2.24. The molecule has 0 aliphatic heterocycles. The fraction of sp³-hybridized carbons (Fsp3) is 0.160. The first kappa shape index (κ1) is 18.7. The van der Waals surface area contributed by atoms with Crippen LogP contribution in [-0.2, 0) is 6.42 Å². The van der Waals surface area contributed by atoms with Crippen molar-refractivity contribution < 1.29 is 0 Å². The monoisotopic (exact) mass is 432 g/mol. The molecule has 1 heterocycles. The van der Waals surface area contributed by atoms with Gasteiger partial charge in [-0.15, -0.1) is 0 Å². The van der Waals surface area contributed by atoms with Crippen LogP contribution < -0.4 is 8.92 Å². The summed E-state index contributed by atoms with van der Waals surface area (Å²) < 4.78 is 4.94.